The fraction of sp³-hybridized carbons (Fsp3) is 0.167. The Morgan fingerprint density at radius 2 is 1.94 bits per heavy atom. The fourth-order valence-corrected chi connectivity index (χ4v) is 3.51. The smallest absolute Gasteiger partial charge is 0.251 e. The molecule has 0 spiro atoms. The Morgan fingerprint density at radius 1 is 1.12 bits per heavy atom. The summed E-state index contributed by atoms with van der Waals surface area (Å²) < 4.78 is 2.14. The van der Waals surface area contributed by atoms with Crippen LogP contribution in [0.15, 0.2) is 97.9 Å². The largest absolute Gasteiger partial charge is 0.354 e. The van der Waals surface area contributed by atoms with Crippen LogP contribution in [0.4, 0.5) is 0 Å². The van der Waals surface area contributed by atoms with Gasteiger partial charge in [-0.15, -0.1) is 0 Å². The molecule has 166 valence electrons. The number of allylic oxidation sites excluding steroid dienone is 5. The van der Waals surface area contributed by atoms with Crippen molar-refractivity contribution in [3.8, 4) is 11.8 Å². The zero-order valence-corrected chi connectivity index (χ0v) is 19.3. The van der Waals surface area contributed by atoms with Crippen LogP contribution < -0.4 is 5.32 Å². The van der Waals surface area contributed by atoms with Crippen molar-refractivity contribution in [2.45, 2.75) is 26.8 Å². The Hall–Kier alpha value is -4.03. The molecule has 3 aromatic rings. The summed E-state index contributed by atoms with van der Waals surface area (Å²) in [7, 11) is 0. The molecule has 1 N–H and O–H groups in total. The van der Waals surface area contributed by atoms with Gasteiger partial charge in [-0.25, -0.2) is 0 Å². The topological polar surface area (TPSA) is 34.0 Å². The maximum Gasteiger partial charge on any atom is 0.251 e. The number of aromatic nitrogens is 1. The summed E-state index contributed by atoms with van der Waals surface area (Å²) in [6.07, 6.45) is 12.8. The van der Waals surface area contributed by atoms with Crippen molar-refractivity contribution in [1.29, 1.82) is 0 Å². The van der Waals surface area contributed by atoms with E-state index in [2.05, 4.69) is 53.7 Å². The molecular formula is C30H30N2O. The second-order valence-corrected chi connectivity index (χ2v) is 7.77. The Labute approximate surface area is 197 Å². The van der Waals surface area contributed by atoms with Crippen LogP contribution in [-0.2, 0) is 6.54 Å². The highest BCUT2D eigenvalue weighted by Crippen LogP contribution is 2.22. The molecule has 1 amide bonds. The Balaban J connectivity index is 1.80. The van der Waals surface area contributed by atoms with Gasteiger partial charge in [-0.3, -0.25) is 4.79 Å². The van der Waals surface area contributed by atoms with Crippen molar-refractivity contribution in [1.82, 2.24) is 9.88 Å². The van der Waals surface area contributed by atoms with Crippen LogP contribution in [-0.4, -0.2) is 17.0 Å². The van der Waals surface area contributed by atoms with E-state index in [0.717, 1.165) is 35.2 Å². The van der Waals surface area contributed by atoms with E-state index >= 15 is 0 Å². The monoisotopic (exact) mass is 434 g/mol. The molecule has 0 aliphatic rings. The lowest BCUT2D eigenvalue weighted by Gasteiger charge is -2.10. The molecule has 0 unspecified atom stereocenters. The van der Waals surface area contributed by atoms with E-state index < -0.39 is 0 Å². The van der Waals surface area contributed by atoms with Gasteiger partial charge in [0.1, 0.15) is 0 Å². The molecule has 0 aliphatic carbocycles. The molecule has 3 nitrogen and oxygen atoms in total. The third-order valence-corrected chi connectivity index (χ3v) is 5.13. The van der Waals surface area contributed by atoms with E-state index in [1.54, 1.807) is 6.08 Å². The van der Waals surface area contributed by atoms with Gasteiger partial charge in [-0.05, 0) is 67.3 Å². The number of hydrogen-bond acceptors (Lipinski definition) is 1. The zero-order valence-electron chi connectivity index (χ0n) is 19.3. The number of hydrogen-bond donors (Lipinski definition) is 1. The molecule has 0 saturated carbocycles. The van der Waals surface area contributed by atoms with E-state index in [-0.39, 0.29) is 5.91 Å². The number of nitrogens with one attached hydrogen (secondary N) is 1. The first-order valence-corrected chi connectivity index (χ1v) is 11.2. The minimum atomic E-state index is -0.0896. The average molecular weight is 435 g/mol. The summed E-state index contributed by atoms with van der Waals surface area (Å²) in [6.45, 7) is 9.37. The summed E-state index contributed by atoms with van der Waals surface area (Å²) in [6, 6.07) is 17.6. The van der Waals surface area contributed by atoms with Gasteiger partial charge in [0.2, 0.25) is 0 Å². The first-order chi connectivity index (χ1) is 16.1. The molecule has 0 saturated heterocycles. The van der Waals surface area contributed by atoms with E-state index in [9.17, 15) is 4.79 Å². The first kappa shape index (κ1) is 23.6. The molecule has 1 aromatic heterocycles. The van der Waals surface area contributed by atoms with E-state index in [1.165, 1.54) is 5.56 Å². The van der Waals surface area contributed by atoms with Gasteiger partial charge in [0.25, 0.3) is 5.91 Å². The van der Waals surface area contributed by atoms with Gasteiger partial charge in [0.05, 0.1) is 0 Å². The Bertz CT molecular complexity index is 1220. The molecular weight excluding hydrogens is 404 g/mol. The van der Waals surface area contributed by atoms with Crippen LogP contribution in [0.1, 0.15) is 46.0 Å². The number of rotatable bonds is 8. The van der Waals surface area contributed by atoms with Crippen LogP contribution in [0, 0.1) is 18.8 Å². The molecule has 0 radical (unpaired) electrons. The SMILES string of the molecule is C=C/C=C(\C=C/C)c1ccc(C(=O)NCCCn2ccc(C)c2)cc1C#Cc1ccccc1. The lowest BCUT2D eigenvalue weighted by atomic mass is 9.96. The van der Waals surface area contributed by atoms with E-state index in [1.807, 2.05) is 73.7 Å². The van der Waals surface area contributed by atoms with Gasteiger partial charge in [0.15, 0.2) is 0 Å². The summed E-state index contributed by atoms with van der Waals surface area (Å²) in [5, 5.41) is 3.03. The van der Waals surface area contributed by atoms with Crippen molar-refractivity contribution >= 4 is 11.5 Å². The number of carbonyl (C=O) groups excluding carboxylic acids is 1. The van der Waals surface area contributed by atoms with Crippen molar-refractivity contribution < 1.29 is 4.79 Å². The summed E-state index contributed by atoms with van der Waals surface area (Å²) >= 11 is 0. The predicted molar refractivity (Wildman–Crippen MR) is 138 cm³/mol. The molecule has 3 rings (SSSR count). The molecule has 33 heavy (non-hydrogen) atoms. The van der Waals surface area contributed by atoms with Crippen LogP contribution in [0.5, 0.6) is 0 Å². The highest BCUT2D eigenvalue weighted by atomic mass is 16.1. The maximum atomic E-state index is 12.8. The number of nitrogens with zero attached hydrogens (tertiary/aromatic N) is 1. The standard InChI is InChI=1S/C30H30N2O/c1-4-10-26(11-5-2)29-17-16-28(22-27(29)15-14-25-12-7-6-8-13-25)30(33)31-19-9-20-32-21-18-24(3)23-32/h4-8,10-13,16-18,21-23H,1,9,19-20H2,2-3H3,(H,31,33)/b11-5-,26-10+. The van der Waals surface area contributed by atoms with Gasteiger partial charge in [-0.2, -0.15) is 0 Å². The quantitative estimate of drug-likeness (QED) is 0.257. The Morgan fingerprint density at radius 3 is 2.64 bits per heavy atom. The molecule has 1 heterocycles. The maximum absolute atomic E-state index is 12.8. The third-order valence-electron chi connectivity index (χ3n) is 5.13. The van der Waals surface area contributed by atoms with E-state index in [0.29, 0.717) is 12.1 Å². The van der Waals surface area contributed by atoms with Crippen LogP contribution in [0.3, 0.4) is 0 Å². The second kappa shape index (κ2) is 12.1. The number of aryl methyl sites for hydroxylation is 2. The van der Waals surface area contributed by atoms with Gasteiger partial charge < -0.3 is 9.88 Å². The molecule has 0 aliphatic heterocycles. The van der Waals surface area contributed by atoms with Crippen molar-refractivity contribution in [2.75, 3.05) is 6.54 Å². The third kappa shape index (κ3) is 6.98. The second-order valence-electron chi connectivity index (χ2n) is 7.77. The lowest BCUT2D eigenvalue weighted by molar-refractivity contribution is 0.0952. The lowest BCUT2D eigenvalue weighted by Crippen LogP contribution is -2.25. The van der Waals surface area contributed by atoms with Crippen LogP contribution >= 0.6 is 0 Å². The number of amides is 1. The zero-order chi connectivity index (χ0) is 23.5. The normalized spacial score (nSPS) is 11.2. The van der Waals surface area contributed by atoms with Crippen LogP contribution in [0.25, 0.3) is 5.57 Å². The molecule has 0 fully saturated rings. The molecule has 2 aromatic carbocycles. The van der Waals surface area contributed by atoms with Crippen molar-refractivity contribution in [3.63, 3.8) is 0 Å². The van der Waals surface area contributed by atoms with Crippen LogP contribution in [0.2, 0.25) is 0 Å². The van der Waals surface area contributed by atoms with Crippen molar-refractivity contribution in [3.05, 3.63) is 126 Å². The highest BCUT2D eigenvalue weighted by molar-refractivity contribution is 5.95. The molecule has 3 heteroatoms. The van der Waals surface area contributed by atoms with E-state index in [4.69, 9.17) is 0 Å². The van der Waals surface area contributed by atoms with Gasteiger partial charge in [0, 0.05) is 42.2 Å². The first-order valence-electron chi connectivity index (χ1n) is 11.2. The van der Waals surface area contributed by atoms with Crippen molar-refractivity contribution in [2.24, 2.45) is 0 Å². The number of carbonyl (C=O) groups is 1. The number of benzene rings is 2. The average Bonchev–Trinajstić information content (AvgIpc) is 3.25. The minimum Gasteiger partial charge on any atom is -0.354 e. The highest BCUT2D eigenvalue weighted by Gasteiger charge is 2.10. The Kier molecular flexibility index (Phi) is 8.68. The predicted octanol–water partition coefficient (Wildman–Crippen LogP) is 6.16. The minimum absolute atomic E-state index is 0.0896. The molecule has 0 atom stereocenters. The summed E-state index contributed by atoms with van der Waals surface area (Å²) in [5.41, 5.74) is 5.55. The summed E-state index contributed by atoms with van der Waals surface area (Å²) in [4.78, 5) is 12.8. The van der Waals surface area contributed by atoms with Gasteiger partial charge in [-0.1, -0.05) is 67.0 Å². The fourth-order valence-electron chi connectivity index (χ4n) is 3.51. The molecule has 0 bridgehead atoms. The van der Waals surface area contributed by atoms with Gasteiger partial charge >= 0.3 is 0 Å². The summed E-state index contributed by atoms with van der Waals surface area (Å²) in [5.74, 6) is 6.40.